The first-order valence-electron chi connectivity index (χ1n) is 6.74. The van der Waals surface area contributed by atoms with Crippen LogP contribution in [0.25, 0.3) is 0 Å². The van der Waals surface area contributed by atoms with Crippen molar-refractivity contribution in [3.63, 3.8) is 0 Å². The predicted molar refractivity (Wildman–Crippen MR) is 76.5 cm³/mol. The van der Waals surface area contributed by atoms with Crippen LogP contribution in [-0.4, -0.2) is 29.3 Å². The van der Waals surface area contributed by atoms with E-state index in [1.54, 1.807) is 0 Å². The van der Waals surface area contributed by atoms with E-state index in [0.717, 1.165) is 18.8 Å². The first-order valence-corrected chi connectivity index (χ1v) is 6.74. The molecule has 106 valence electrons. The summed E-state index contributed by atoms with van der Waals surface area (Å²) in [6, 6.07) is 3.69. The topological polar surface area (TPSA) is 69.4 Å². The highest BCUT2D eigenvalue weighted by Gasteiger charge is 2.37. The second-order valence-corrected chi connectivity index (χ2v) is 5.56. The molecular weight excluding hydrogens is 242 g/mol. The van der Waals surface area contributed by atoms with Crippen LogP contribution in [0.5, 0.6) is 5.88 Å². The van der Waals surface area contributed by atoms with E-state index in [2.05, 4.69) is 24.1 Å². The molecule has 0 spiro atoms. The van der Waals surface area contributed by atoms with Gasteiger partial charge in [0.15, 0.2) is 0 Å². The van der Waals surface area contributed by atoms with Crippen LogP contribution < -0.4 is 15.8 Å². The van der Waals surface area contributed by atoms with Crippen LogP contribution in [0.2, 0.25) is 0 Å². The molecule has 1 aromatic heterocycles. The van der Waals surface area contributed by atoms with E-state index in [0.29, 0.717) is 11.6 Å². The summed E-state index contributed by atoms with van der Waals surface area (Å²) in [5, 5.41) is 3.44. The van der Waals surface area contributed by atoms with Gasteiger partial charge in [-0.2, -0.15) is 4.98 Å². The molecule has 2 atom stereocenters. The Hall–Kier alpha value is -1.49. The van der Waals surface area contributed by atoms with E-state index in [1.165, 1.54) is 0 Å². The summed E-state index contributed by atoms with van der Waals surface area (Å²) in [6.45, 7) is 8.90. The highest BCUT2D eigenvalue weighted by Crippen LogP contribution is 2.30. The Balaban J connectivity index is 2.17. The second-order valence-electron chi connectivity index (χ2n) is 5.56. The molecule has 0 bridgehead atoms. The molecule has 0 amide bonds. The molecule has 5 heteroatoms. The first-order chi connectivity index (χ1) is 8.90. The van der Waals surface area contributed by atoms with Gasteiger partial charge in [0.25, 0.3) is 0 Å². The van der Waals surface area contributed by atoms with Crippen LogP contribution in [-0.2, 0) is 4.74 Å². The molecule has 2 rings (SSSR count). The van der Waals surface area contributed by atoms with Crippen molar-refractivity contribution in [2.75, 3.05) is 17.7 Å². The van der Waals surface area contributed by atoms with Crippen molar-refractivity contribution in [1.29, 1.82) is 0 Å². The van der Waals surface area contributed by atoms with Gasteiger partial charge in [-0.3, -0.25) is 0 Å². The molecule has 2 heterocycles. The minimum absolute atomic E-state index is 0.0503. The van der Waals surface area contributed by atoms with Gasteiger partial charge < -0.3 is 20.5 Å². The highest BCUT2D eigenvalue weighted by atomic mass is 16.5. The fourth-order valence-electron chi connectivity index (χ4n) is 2.13. The van der Waals surface area contributed by atoms with Crippen LogP contribution in [0.15, 0.2) is 12.1 Å². The second kappa shape index (κ2) is 5.25. The number of pyridine rings is 1. The molecular formula is C14H23N3O2. The van der Waals surface area contributed by atoms with E-state index in [4.69, 9.17) is 15.2 Å². The maximum Gasteiger partial charge on any atom is 0.239 e. The Labute approximate surface area is 114 Å². The van der Waals surface area contributed by atoms with Crippen molar-refractivity contribution in [2.45, 2.75) is 51.9 Å². The maximum absolute atomic E-state index is 5.87. The Bertz CT molecular complexity index is 450. The van der Waals surface area contributed by atoms with Crippen LogP contribution in [0.4, 0.5) is 11.5 Å². The lowest BCUT2D eigenvalue weighted by molar-refractivity contribution is 0.105. The van der Waals surface area contributed by atoms with Crippen LogP contribution >= 0.6 is 0 Å². The number of ether oxygens (including phenoxy) is 2. The molecule has 0 aliphatic carbocycles. The van der Waals surface area contributed by atoms with Gasteiger partial charge in [-0.1, -0.05) is 0 Å². The zero-order chi connectivity index (χ0) is 14.0. The molecule has 19 heavy (non-hydrogen) atoms. The molecule has 1 aliphatic heterocycles. The fourth-order valence-corrected chi connectivity index (χ4v) is 2.13. The van der Waals surface area contributed by atoms with Crippen molar-refractivity contribution in [3.05, 3.63) is 12.1 Å². The lowest BCUT2D eigenvalue weighted by Crippen LogP contribution is -2.41. The van der Waals surface area contributed by atoms with Gasteiger partial charge in [0, 0.05) is 6.61 Å². The average Bonchev–Trinajstić information content (AvgIpc) is 2.63. The molecule has 0 saturated carbocycles. The zero-order valence-corrected chi connectivity index (χ0v) is 12.1. The number of anilines is 2. The third-order valence-corrected chi connectivity index (χ3v) is 3.54. The lowest BCUT2D eigenvalue weighted by Gasteiger charge is -2.29. The SMILES string of the molecule is CC(C)Oc1nc(NC2(C)CCOC2C)ccc1N. The summed E-state index contributed by atoms with van der Waals surface area (Å²) >= 11 is 0. The minimum Gasteiger partial charge on any atom is -0.473 e. The summed E-state index contributed by atoms with van der Waals surface area (Å²) in [7, 11) is 0. The average molecular weight is 265 g/mol. The number of hydrogen-bond acceptors (Lipinski definition) is 5. The molecule has 1 fully saturated rings. The van der Waals surface area contributed by atoms with Gasteiger partial charge in [-0.15, -0.1) is 0 Å². The van der Waals surface area contributed by atoms with Gasteiger partial charge in [-0.25, -0.2) is 0 Å². The molecule has 3 N–H and O–H groups in total. The molecule has 2 unspecified atom stereocenters. The standard InChI is InChI=1S/C14H23N3O2/c1-9(2)19-13-11(15)5-6-12(16-13)17-14(4)7-8-18-10(14)3/h5-6,9-10H,7-8,15H2,1-4H3,(H,16,17). The van der Waals surface area contributed by atoms with E-state index in [-0.39, 0.29) is 17.7 Å². The van der Waals surface area contributed by atoms with Crippen molar-refractivity contribution in [3.8, 4) is 5.88 Å². The first kappa shape index (κ1) is 13.9. The van der Waals surface area contributed by atoms with Crippen molar-refractivity contribution in [1.82, 2.24) is 4.98 Å². The normalized spacial score (nSPS) is 26.7. The van der Waals surface area contributed by atoms with Crippen molar-refractivity contribution >= 4 is 11.5 Å². The number of nitrogen functional groups attached to an aromatic ring is 1. The quantitative estimate of drug-likeness (QED) is 0.875. The minimum atomic E-state index is -0.0990. The van der Waals surface area contributed by atoms with Crippen molar-refractivity contribution < 1.29 is 9.47 Å². The molecule has 1 saturated heterocycles. The monoisotopic (exact) mass is 265 g/mol. The number of nitrogens with zero attached hydrogens (tertiary/aromatic N) is 1. The number of nitrogens with one attached hydrogen (secondary N) is 1. The molecule has 1 aliphatic rings. The Morgan fingerprint density at radius 1 is 1.53 bits per heavy atom. The third-order valence-electron chi connectivity index (χ3n) is 3.54. The lowest BCUT2D eigenvalue weighted by atomic mass is 9.95. The number of rotatable bonds is 4. The fraction of sp³-hybridized carbons (Fsp3) is 0.643. The van der Waals surface area contributed by atoms with Crippen LogP contribution in [0, 0.1) is 0 Å². The van der Waals surface area contributed by atoms with E-state index in [9.17, 15) is 0 Å². The zero-order valence-electron chi connectivity index (χ0n) is 12.1. The summed E-state index contributed by atoms with van der Waals surface area (Å²) in [5.41, 5.74) is 6.32. The third kappa shape index (κ3) is 3.10. The van der Waals surface area contributed by atoms with Gasteiger partial charge in [-0.05, 0) is 46.2 Å². The number of nitrogens with two attached hydrogens (primary N) is 1. The smallest absolute Gasteiger partial charge is 0.239 e. The van der Waals surface area contributed by atoms with Gasteiger partial charge in [0.05, 0.1) is 23.4 Å². The highest BCUT2D eigenvalue weighted by molar-refractivity contribution is 5.54. The Morgan fingerprint density at radius 3 is 2.84 bits per heavy atom. The van der Waals surface area contributed by atoms with E-state index in [1.807, 2.05) is 26.0 Å². The number of aromatic nitrogens is 1. The summed E-state index contributed by atoms with van der Waals surface area (Å²) in [5.74, 6) is 1.25. The largest absolute Gasteiger partial charge is 0.473 e. The molecule has 0 radical (unpaired) electrons. The molecule has 1 aromatic rings. The van der Waals surface area contributed by atoms with Crippen LogP contribution in [0.3, 0.4) is 0 Å². The van der Waals surface area contributed by atoms with Gasteiger partial charge >= 0.3 is 0 Å². The van der Waals surface area contributed by atoms with Gasteiger partial charge in [0.2, 0.25) is 5.88 Å². The Kier molecular flexibility index (Phi) is 3.85. The maximum atomic E-state index is 5.87. The predicted octanol–water partition coefficient (Wildman–Crippen LogP) is 2.43. The number of hydrogen-bond donors (Lipinski definition) is 2. The van der Waals surface area contributed by atoms with E-state index >= 15 is 0 Å². The van der Waals surface area contributed by atoms with Crippen LogP contribution in [0.1, 0.15) is 34.1 Å². The molecule has 0 aromatic carbocycles. The van der Waals surface area contributed by atoms with Gasteiger partial charge in [0.1, 0.15) is 5.82 Å². The van der Waals surface area contributed by atoms with E-state index < -0.39 is 0 Å². The molecule has 5 nitrogen and oxygen atoms in total. The Morgan fingerprint density at radius 2 is 2.26 bits per heavy atom. The van der Waals surface area contributed by atoms with Crippen molar-refractivity contribution in [2.24, 2.45) is 0 Å². The summed E-state index contributed by atoms with van der Waals surface area (Å²) < 4.78 is 11.2. The summed E-state index contributed by atoms with van der Waals surface area (Å²) in [4.78, 5) is 4.44. The summed E-state index contributed by atoms with van der Waals surface area (Å²) in [6.07, 6.45) is 1.16.